The molecule has 27 heavy (non-hydrogen) atoms. The van der Waals surface area contributed by atoms with E-state index in [4.69, 9.17) is 4.52 Å². The zero-order valence-electron chi connectivity index (χ0n) is 14.6. The van der Waals surface area contributed by atoms with Crippen molar-refractivity contribution in [3.05, 3.63) is 53.7 Å². The third kappa shape index (κ3) is 3.30. The standard InChI is InChI=1S/C19H17N5OS2/c1-12(18-20-16(23-25-18)13-6-3-2-4-7-13)27-19-22-21-17(15-8-5-11-26-15)24(19)14-9-10-14/h2-8,11-12,14H,9-10H2,1H3. The molecule has 1 fully saturated rings. The summed E-state index contributed by atoms with van der Waals surface area (Å²) in [5.41, 5.74) is 0.950. The van der Waals surface area contributed by atoms with Crippen LogP contribution in [0.3, 0.4) is 0 Å². The minimum absolute atomic E-state index is 0.00662. The lowest BCUT2D eigenvalue weighted by atomic mass is 10.2. The van der Waals surface area contributed by atoms with E-state index in [1.807, 2.05) is 36.4 Å². The van der Waals surface area contributed by atoms with E-state index in [-0.39, 0.29) is 5.25 Å². The molecule has 1 saturated carbocycles. The van der Waals surface area contributed by atoms with Crippen LogP contribution in [0.4, 0.5) is 0 Å². The van der Waals surface area contributed by atoms with E-state index in [9.17, 15) is 0 Å². The average Bonchev–Trinajstić information content (AvgIpc) is 3.11. The van der Waals surface area contributed by atoms with Crippen LogP contribution in [-0.4, -0.2) is 24.9 Å². The van der Waals surface area contributed by atoms with Crippen molar-refractivity contribution in [2.24, 2.45) is 0 Å². The van der Waals surface area contributed by atoms with Crippen molar-refractivity contribution in [3.8, 4) is 22.1 Å². The van der Waals surface area contributed by atoms with E-state index in [0.717, 1.165) is 21.4 Å². The van der Waals surface area contributed by atoms with Crippen molar-refractivity contribution in [1.82, 2.24) is 24.9 Å². The predicted molar refractivity (Wildman–Crippen MR) is 106 cm³/mol. The van der Waals surface area contributed by atoms with Gasteiger partial charge in [-0.25, -0.2) is 0 Å². The van der Waals surface area contributed by atoms with Gasteiger partial charge in [0, 0.05) is 11.6 Å². The van der Waals surface area contributed by atoms with Gasteiger partial charge in [-0.2, -0.15) is 4.98 Å². The molecule has 1 atom stereocenters. The van der Waals surface area contributed by atoms with Crippen LogP contribution in [0.5, 0.6) is 0 Å². The fourth-order valence-electron chi connectivity index (χ4n) is 2.91. The summed E-state index contributed by atoms with van der Waals surface area (Å²) in [6.45, 7) is 2.06. The van der Waals surface area contributed by atoms with Gasteiger partial charge in [-0.05, 0) is 31.2 Å². The fourth-order valence-corrected chi connectivity index (χ4v) is 4.56. The van der Waals surface area contributed by atoms with Crippen molar-refractivity contribution in [3.63, 3.8) is 0 Å². The Balaban J connectivity index is 1.40. The molecule has 0 amide bonds. The molecule has 0 N–H and O–H groups in total. The Morgan fingerprint density at radius 1 is 1.15 bits per heavy atom. The molecule has 0 aliphatic heterocycles. The lowest BCUT2D eigenvalue weighted by Gasteiger charge is -2.09. The van der Waals surface area contributed by atoms with E-state index >= 15 is 0 Å². The summed E-state index contributed by atoms with van der Waals surface area (Å²) < 4.78 is 7.78. The van der Waals surface area contributed by atoms with Crippen LogP contribution in [0.25, 0.3) is 22.1 Å². The quantitative estimate of drug-likeness (QED) is 0.416. The van der Waals surface area contributed by atoms with Crippen LogP contribution in [0.1, 0.15) is 36.9 Å². The number of thioether (sulfide) groups is 1. The van der Waals surface area contributed by atoms with Gasteiger partial charge in [0.05, 0.1) is 10.1 Å². The number of benzene rings is 1. The van der Waals surface area contributed by atoms with Crippen molar-refractivity contribution in [2.75, 3.05) is 0 Å². The first kappa shape index (κ1) is 16.7. The number of hydrogen-bond donors (Lipinski definition) is 0. The summed E-state index contributed by atoms with van der Waals surface area (Å²) in [7, 11) is 0. The van der Waals surface area contributed by atoms with Gasteiger partial charge in [-0.1, -0.05) is 53.3 Å². The van der Waals surface area contributed by atoms with E-state index in [1.54, 1.807) is 23.1 Å². The topological polar surface area (TPSA) is 69.6 Å². The molecule has 8 heteroatoms. The van der Waals surface area contributed by atoms with E-state index in [0.29, 0.717) is 17.8 Å². The van der Waals surface area contributed by atoms with Crippen molar-refractivity contribution in [1.29, 1.82) is 0 Å². The maximum Gasteiger partial charge on any atom is 0.240 e. The Kier molecular flexibility index (Phi) is 4.29. The van der Waals surface area contributed by atoms with Gasteiger partial charge in [0.25, 0.3) is 0 Å². The molecule has 0 saturated heterocycles. The number of nitrogens with zero attached hydrogens (tertiary/aromatic N) is 5. The number of thiophene rings is 1. The lowest BCUT2D eigenvalue weighted by Crippen LogP contribution is -2.00. The van der Waals surface area contributed by atoms with Crippen LogP contribution in [-0.2, 0) is 0 Å². The molecular weight excluding hydrogens is 378 g/mol. The monoisotopic (exact) mass is 395 g/mol. The summed E-state index contributed by atoms with van der Waals surface area (Å²) in [4.78, 5) is 5.72. The van der Waals surface area contributed by atoms with Gasteiger partial charge in [0.1, 0.15) is 0 Å². The summed E-state index contributed by atoms with van der Waals surface area (Å²) >= 11 is 3.31. The SMILES string of the molecule is CC(Sc1nnc(-c2cccs2)n1C1CC1)c1nc(-c2ccccc2)no1. The highest BCUT2D eigenvalue weighted by Gasteiger charge is 2.31. The molecule has 1 aliphatic rings. The highest BCUT2D eigenvalue weighted by molar-refractivity contribution is 7.99. The second-order valence-corrected chi connectivity index (χ2v) is 8.72. The first-order valence-electron chi connectivity index (χ1n) is 8.84. The molecule has 1 aromatic carbocycles. The van der Waals surface area contributed by atoms with Crippen LogP contribution in [0.2, 0.25) is 0 Å². The number of hydrogen-bond acceptors (Lipinski definition) is 7. The maximum atomic E-state index is 5.51. The molecular formula is C19H17N5OS2. The molecule has 4 aromatic rings. The number of aromatic nitrogens is 5. The molecule has 5 rings (SSSR count). The third-order valence-electron chi connectivity index (χ3n) is 4.42. The highest BCUT2D eigenvalue weighted by atomic mass is 32.2. The molecule has 1 aliphatic carbocycles. The molecule has 3 aromatic heterocycles. The Morgan fingerprint density at radius 3 is 2.74 bits per heavy atom. The van der Waals surface area contributed by atoms with Crippen molar-refractivity contribution < 1.29 is 4.52 Å². The lowest BCUT2D eigenvalue weighted by molar-refractivity contribution is 0.380. The van der Waals surface area contributed by atoms with E-state index < -0.39 is 0 Å². The second-order valence-electron chi connectivity index (χ2n) is 6.47. The zero-order chi connectivity index (χ0) is 18.2. The molecule has 0 bridgehead atoms. The maximum absolute atomic E-state index is 5.51. The molecule has 3 heterocycles. The van der Waals surface area contributed by atoms with Gasteiger partial charge in [-0.3, -0.25) is 4.57 Å². The van der Waals surface area contributed by atoms with Crippen LogP contribution < -0.4 is 0 Å². The minimum Gasteiger partial charge on any atom is -0.338 e. The third-order valence-corrected chi connectivity index (χ3v) is 6.33. The van der Waals surface area contributed by atoms with E-state index in [1.165, 1.54) is 12.8 Å². The van der Waals surface area contributed by atoms with Crippen LogP contribution >= 0.6 is 23.1 Å². The Morgan fingerprint density at radius 2 is 2.00 bits per heavy atom. The Labute approximate surface area is 164 Å². The van der Waals surface area contributed by atoms with Gasteiger partial charge in [0.15, 0.2) is 11.0 Å². The Hall–Kier alpha value is -2.45. The first-order chi connectivity index (χ1) is 13.3. The molecule has 136 valence electrons. The molecule has 0 spiro atoms. The molecule has 6 nitrogen and oxygen atoms in total. The molecule has 1 unspecified atom stereocenters. The van der Waals surface area contributed by atoms with Crippen molar-refractivity contribution in [2.45, 2.75) is 36.2 Å². The van der Waals surface area contributed by atoms with Crippen LogP contribution in [0.15, 0.2) is 57.5 Å². The normalized spacial score (nSPS) is 15.1. The summed E-state index contributed by atoms with van der Waals surface area (Å²) in [6, 6.07) is 14.5. The zero-order valence-corrected chi connectivity index (χ0v) is 16.3. The number of rotatable bonds is 6. The van der Waals surface area contributed by atoms with Gasteiger partial charge >= 0.3 is 0 Å². The predicted octanol–water partition coefficient (Wildman–Crippen LogP) is 5.24. The van der Waals surface area contributed by atoms with Gasteiger partial charge in [0.2, 0.25) is 11.7 Å². The summed E-state index contributed by atoms with van der Waals surface area (Å²) in [5.74, 6) is 2.17. The first-order valence-corrected chi connectivity index (χ1v) is 10.6. The molecule has 0 radical (unpaired) electrons. The smallest absolute Gasteiger partial charge is 0.240 e. The van der Waals surface area contributed by atoms with E-state index in [2.05, 4.69) is 43.3 Å². The highest BCUT2D eigenvalue weighted by Crippen LogP contribution is 2.44. The second kappa shape index (κ2) is 6.94. The summed E-state index contributed by atoms with van der Waals surface area (Å²) in [5, 5.41) is 16.0. The largest absolute Gasteiger partial charge is 0.338 e. The van der Waals surface area contributed by atoms with Crippen LogP contribution in [0, 0.1) is 0 Å². The fraction of sp³-hybridized carbons (Fsp3) is 0.263. The van der Waals surface area contributed by atoms with Crippen molar-refractivity contribution >= 4 is 23.1 Å². The minimum atomic E-state index is -0.00662. The summed E-state index contributed by atoms with van der Waals surface area (Å²) in [6.07, 6.45) is 2.36. The Bertz CT molecular complexity index is 1040. The average molecular weight is 396 g/mol. The van der Waals surface area contributed by atoms with Gasteiger partial charge < -0.3 is 4.52 Å². The van der Waals surface area contributed by atoms with Gasteiger partial charge in [-0.15, -0.1) is 21.5 Å².